The van der Waals surface area contributed by atoms with E-state index in [0.29, 0.717) is 0 Å². The van der Waals surface area contributed by atoms with E-state index in [1.807, 2.05) is 20.9 Å². The Balaban J connectivity index is 2.04. The third kappa shape index (κ3) is 1.46. The highest BCUT2D eigenvalue weighted by Crippen LogP contribution is 2.42. The van der Waals surface area contributed by atoms with Gasteiger partial charge in [0.1, 0.15) is 0 Å². The van der Waals surface area contributed by atoms with Gasteiger partial charge in [-0.2, -0.15) is 0 Å². The summed E-state index contributed by atoms with van der Waals surface area (Å²) in [5.74, 6) is 0.191. The predicted molar refractivity (Wildman–Crippen MR) is 74.3 cm³/mol. The van der Waals surface area contributed by atoms with E-state index in [4.69, 9.17) is 0 Å². The van der Waals surface area contributed by atoms with Crippen molar-refractivity contribution < 1.29 is 4.79 Å². The Morgan fingerprint density at radius 3 is 2.50 bits per heavy atom. The van der Waals surface area contributed by atoms with Gasteiger partial charge in [0.05, 0.1) is 5.41 Å². The van der Waals surface area contributed by atoms with Gasteiger partial charge in [-0.1, -0.05) is 6.07 Å². The van der Waals surface area contributed by atoms with Crippen LogP contribution in [0, 0.1) is 0 Å². The number of carbonyl (C=O) groups is 1. The van der Waals surface area contributed by atoms with Crippen LogP contribution in [0.2, 0.25) is 0 Å². The van der Waals surface area contributed by atoms with Crippen molar-refractivity contribution in [2.75, 3.05) is 29.9 Å². The molecule has 1 aromatic carbocycles. The highest BCUT2D eigenvalue weighted by molar-refractivity contribution is 6.07. The fourth-order valence-corrected chi connectivity index (χ4v) is 3.14. The van der Waals surface area contributed by atoms with Gasteiger partial charge in [0.2, 0.25) is 5.91 Å². The molecule has 1 aromatic rings. The van der Waals surface area contributed by atoms with Crippen LogP contribution < -0.4 is 9.80 Å². The van der Waals surface area contributed by atoms with Gasteiger partial charge < -0.3 is 9.80 Å². The first-order valence-electron chi connectivity index (χ1n) is 6.69. The van der Waals surface area contributed by atoms with Crippen LogP contribution in [0.4, 0.5) is 11.4 Å². The predicted octanol–water partition coefficient (Wildman–Crippen LogP) is 2.54. The third-order valence-corrected chi connectivity index (χ3v) is 4.33. The molecule has 1 saturated heterocycles. The molecule has 3 rings (SSSR count). The van der Waals surface area contributed by atoms with Crippen LogP contribution in [0.5, 0.6) is 0 Å². The van der Waals surface area contributed by atoms with Gasteiger partial charge in [-0.3, -0.25) is 4.79 Å². The minimum atomic E-state index is -0.381. The molecule has 18 heavy (non-hydrogen) atoms. The lowest BCUT2D eigenvalue weighted by molar-refractivity contribution is -0.121. The Morgan fingerprint density at radius 2 is 1.83 bits per heavy atom. The molecule has 2 aliphatic heterocycles. The van der Waals surface area contributed by atoms with Crippen molar-refractivity contribution in [1.29, 1.82) is 0 Å². The van der Waals surface area contributed by atoms with Crippen LogP contribution in [0.25, 0.3) is 0 Å². The maximum atomic E-state index is 12.2. The van der Waals surface area contributed by atoms with E-state index in [-0.39, 0.29) is 11.3 Å². The monoisotopic (exact) mass is 244 g/mol. The SMILES string of the molecule is CN1C(=O)C(C)(C)c2ccc(N3CCCC3)cc21. The van der Waals surface area contributed by atoms with Crippen LogP contribution in [-0.4, -0.2) is 26.0 Å². The molecular weight excluding hydrogens is 224 g/mol. The zero-order chi connectivity index (χ0) is 12.9. The molecule has 0 unspecified atom stereocenters. The third-order valence-electron chi connectivity index (χ3n) is 4.33. The summed E-state index contributed by atoms with van der Waals surface area (Å²) < 4.78 is 0. The van der Waals surface area contributed by atoms with Crippen molar-refractivity contribution in [1.82, 2.24) is 0 Å². The van der Waals surface area contributed by atoms with Crippen molar-refractivity contribution >= 4 is 17.3 Å². The second-order valence-electron chi connectivity index (χ2n) is 5.88. The molecule has 3 heteroatoms. The summed E-state index contributed by atoms with van der Waals surface area (Å²) in [5.41, 5.74) is 3.10. The summed E-state index contributed by atoms with van der Waals surface area (Å²) in [6.07, 6.45) is 2.55. The smallest absolute Gasteiger partial charge is 0.236 e. The number of carbonyl (C=O) groups excluding carboxylic acids is 1. The maximum Gasteiger partial charge on any atom is 0.236 e. The maximum absolute atomic E-state index is 12.2. The first kappa shape index (κ1) is 11.6. The molecule has 0 spiro atoms. The molecule has 3 nitrogen and oxygen atoms in total. The van der Waals surface area contributed by atoms with Crippen molar-refractivity contribution in [2.45, 2.75) is 32.1 Å². The van der Waals surface area contributed by atoms with Crippen molar-refractivity contribution in [3.63, 3.8) is 0 Å². The summed E-state index contributed by atoms with van der Waals surface area (Å²) in [6.45, 7) is 6.29. The number of anilines is 2. The lowest BCUT2D eigenvalue weighted by atomic mass is 9.86. The van der Waals surface area contributed by atoms with E-state index in [1.54, 1.807) is 4.90 Å². The number of hydrogen-bond donors (Lipinski definition) is 0. The summed E-state index contributed by atoms with van der Waals surface area (Å²) in [7, 11) is 1.88. The van der Waals surface area contributed by atoms with E-state index < -0.39 is 0 Å². The number of amides is 1. The van der Waals surface area contributed by atoms with Gasteiger partial charge in [0.25, 0.3) is 0 Å². The van der Waals surface area contributed by atoms with E-state index in [2.05, 4.69) is 23.1 Å². The number of hydrogen-bond acceptors (Lipinski definition) is 2. The van der Waals surface area contributed by atoms with Crippen LogP contribution in [-0.2, 0) is 10.2 Å². The Kier molecular flexibility index (Phi) is 2.40. The topological polar surface area (TPSA) is 23.6 Å². The summed E-state index contributed by atoms with van der Waals surface area (Å²) in [6, 6.07) is 6.47. The number of fused-ring (bicyclic) bond motifs is 1. The number of nitrogens with zero attached hydrogens (tertiary/aromatic N) is 2. The highest BCUT2D eigenvalue weighted by atomic mass is 16.2. The molecule has 0 N–H and O–H groups in total. The summed E-state index contributed by atoms with van der Waals surface area (Å²) >= 11 is 0. The Morgan fingerprint density at radius 1 is 1.17 bits per heavy atom. The van der Waals surface area contributed by atoms with Crippen LogP contribution >= 0.6 is 0 Å². The van der Waals surface area contributed by atoms with Gasteiger partial charge in [0, 0.05) is 31.5 Å². The minimum Gasteiger partial charge on any atom is -0.371 e. The standard InChI is InChI=1S/C15H20N2O/c1-15(2)12-7-6-11(17-8-4-5-9-17)10-13(12)16(3)14(15)18/h6-7,10H,4-5,8-9H2,1-3H3. The molecule has 2 heterocycles. The van der Waals surface area contributed by atoms with Crippen LogP contribution in [0.3, 0.4) is 0 Å². The number of likely N-dealkylation sites (N-methyl/N-ethyl adjacent to an activating group) is 1. The molecule has 0 aliphatic carbocycles. The summed E-state index contributed by atoms with van der Waals surface area (Å²) in [4.78, 5) is 16.4. The fourth-order valence-electron chi connectivity index (χ4n) is 3.14. The zero-order valence-corrected chi connectivity index (χ0v) is 11.4. The Hall–Kier alpha value is -1.51. The van der Waals surface area contributed by atoms with Crippen LogP contribution in [0.15, 0.2) is 18.2 Å². The zero-order valence-electron chi connectivity index (χ0n) is 11.4. The van der Waals surface area contributed by atoms with Crippen molar-refractivity contribution in [2.24, 2.45) is 0 Å². The number of benzene rings is 1. The second kappa shape index (κ2) is 3.74. The minimum absolute atomic E-state index is 0.191. The van der Waals surface area contributed by atoms with Gasteiger partial charge in [0.15, 0.2) is 0 Å². The average Bonchev–Trinajstić information content (AvgIpc) is 2.94. The summed E-state index contributed by atoms with van der Waals surface area (Å²) in [5, 5.41) is 0. The van der Waals surface area contributed by atoms with E-state index in [0.717, 1.165) is 24.3 Å². The molecule has 1 fully saturated rings. The average molecular weight is 244 g/mol. The lowest BCUT2D eigenvalue weighted by Crippen LogP contribution is -2.33. The van der Waals surface area contributed by atoms with Gasteiger partial charge in [-0.25, -0.2) is 0 Å². The van der Waals surface area contributed by atoms with Crippen molar-refractivity contribution in [3.05, 3.63) is 23.8 Å². The fraction of sp³-hybridized carbons (Fsp3) is 0.533. The molecule has 0 radical (unpaired) electrons. The molecule has 0 saturated carbocycles. The van der Waals surface area contributed by atoms with E-state index in [9.17, 15) is 4.79 Å². The second-order valence-corrected chi connectivity index (χ2v) is 5.88. The Labute approximate surface area is 108 Å². The largest absolute Gasteiger partial charge is 0.371 e. The van der Waals surface area contributed by atoms with Gasteiger partial charge >= 0.3 is 0 Å². The Bertz CT molecular complexity index is 501. The molecular formula is C15H20N2O. The molecule has 0 bridgehead atoms. The van der Waals surface area contributed by atoms with E-state index >= 15 is 0 Å². The molecule has 0 aromatic heterocycles. The first-order chi connectivity index (χ1) is 8.51. The molecule has 0 atom stereocenters. The van der Waals surface area contributed by atoms with E-state index in [1.165, 1.54) is 18.5 Å². The van der Waals surface area contributed by atoms with Crippen LogP contribution in [0.1, 0.15) is 32.3 Å². The van der Waals surface area contributed by atoms with Gasteiger partial charge in [-0.05, 0) is 44.4 Å². The highest BCUT2D eigenvalue weighted by Gasteiger charge is 2.42. The lowest BCUT2D eigenvalue weighted by Gasteiger charge is -2.20. The molecule has 1 amide bonds. The quantitative estimate of drug-likeness (QED) is 0.758. The molecule has 96 valence electrons. The van der Waals surface area contributed by atoms with Crippen molar-refractivity contribution in [3.8, 4) is 0 Å². The normalized spacial score (nSPS) is 21.6. The molecule has 2 aliphatic rings. The number of rotatable bonds is 1. The van der Waals surface area contributed by atoms with Gasteiger partial charge in [-0.15, -0.1) is 0 Å². The first-order valence-corrected chi connectivity index (χ1v) is 6.69.